The standard InChI is InChI=1S/C26H33N3O3/c1-3-4-5-12-17-26(2)24(31)29(25(32)27-26)20-23(30)28(18-21-13-8-6-9-14-21)19-22-15-10-7-11-16-22/h6-11,13-16H,3-5,12,17-20H2,1-2H3,(H,27,32). The van der Waals surface area contributed by atoms with Crippen LogP contribution >= 0.6 is 0 Å². The second-order valence-electron chi connectivity index (χ2n) is 8.69. The summed E-state index contributed by atoms with van der Waals surface area (Å²) in [5.41, 5.74) is 1.05. The Kier molecular flexibility index (Phi) is 8.03. The number of hydrogen-bond donors (Lipinski definition) is 1. The summed E-state index contributed by atoms with van der Waals surface area (Å²) in [5.74, 6) is -0.567. The Balaban J connectivity index is 1.70. The SMILES string of the molecule is CCCCCCC1(C)NC(=O)N(CC(=O)N(Cc2ccccc2)Cc2ccccc2)C1=O. The number of nitrogens with one attached hydrogen (secondary N) is 1. The van der Waals surface area contributed by atoms with Gasteiger partial charge in [0.25, 0.3) is 5.91 Å². The van der Waals surface area contributed by atoms with E-state index in [1.165, 1.54) is 0 Å². The highest BCUT2D eigenvalue weighted by Crippen LogP contribution is 2.24. The number of amides is 4. The van der Waals surface area contributed by atoms with Crippen molar-refractivity contribution in [2.75, 3.05) is 6.54 Å². The summed E-state index contributed by atoms with van der Waals surface area (Å²) in [7, 11) is 0. The van der Waals surface area contributed by atoms with Crippen LogP contribution in [0.3, 0.4) is 0 Å². The molecule has 0 spiro atoms. The number of benzene rings is 2. The van der Waals surface area contributed by atoms with Crippen molar-refractivity contribution >= 4 is 17.8 Å². The molecule has 170 valence electrons. The highest BCUT2D eigenvalue weighted by atomic mass is 16.2. The van der Waals surface area contributed by atoms with Crippen molar-refractivity contribution in [3.05, 3.63) is 71.8 Å². The van der Waals surface area contributed by atoms with Crippen molar-refractivity contribution < 1.29 is 14.4 Å². The van der Waals surface area contributed by atoms with Gasteiger partial charge in [-0.3, -0.25) is 14.5 Å². The van der Waals surface area contributed by atoms with Gasteiger partial charge in [0.1, 0.15) is 12.1 Å². The van der Waals surface area contributed by atoms with Crippen molar-refractivity contribution in [2.45, 2.75) is 64.6 Å². The molecule has 1 atom stereocenters. The van der Waals surface area contributed by atoms with Crippen LogP contribution < -0.4 is 5.32 Å². The van der Waals surface area contributed by atoms with Crippen LogP contribution in [0.25, 0.3) is 0 Å². The quantitative estimate of drug-likeness (QED) is 0.417. The van der Waals surface area contributed by atoms with Gasteiger partial charge in [-0.2, -0.15) is 0 Å². The van der Waals surface area contributed by atoms with E-state index >= 15 is 0 Å². The number of imide groups is 1. The van der Waals surface area contributed by atoms with Crippen LogP contribution in [-0.2, 0) is 22.7 Å². The first kappa shape index (κ1) is 23.5. The summed E-state index contributed by atoms with van der Waals surface area (Å²) in [6, 6.07) is 19.0. The van der Waals surface area contributed by atoms with Crippen LogP contribution in [0.1, 0.15) is 57.1 Å². The van der Waals surface area contributed by atoms with Crippen LogP contribution in [0.2, 0.25) is 0 Å². The predicted octanol–water partition coefficient (Wildman–Crippen LogP) is 4.50. The molecule has 0 bridgehead atoms. The number of carbonyl (C=O) groups excluding carboxylic acids is 3. The molecule has 1 N–H and O–H groups in total. The maximum atomic E-state index is 13.3. The molecular weight excluding hydrogens is 402 g/mol. The summed E-state index contributed by atoms with van der Waals surface area (Å²) in [6.07, 6.45) is 4.69. The summed E-state index contributed by atoms with van der Waals surface area (Å²) < 4.78 is 0. The van der Waals surface area contributed by atoms with E-state index in [2.05, 4.69) is 12.2 Å². The lowest BCUT2D eigenvalue weighted by Crippen LogP contribution is -2.45. The first-order valence-electron chi connectivity index (χ1n) is 11.4. The molecule has 6 heteroatoms. The van der Waals surface area contributed by atoms with Gasteiger partial charge in [0.2, 0.25) is 5.91 Å². The number of nitrogens with zero attached hydrogens (tertiary/aromatic N) is 2. The van der Waals surface area contributed by atoms with E-state index in [4.69, 9.17) is 0 Å². The lowest BCUT2D eigenvalue weighted by Gasteiger charge is -2.26. The zero-order valence-corrected chi connectivity index (χ0v) is 19.0. The zero-order valence-electron chi connectivity index (χ0n) is 19.0. The van der Waals surface area contributed by atoms with Gasteiger partial charge in [-0.15, -0.1) is 0 Å². The molecular formula is C26H33N3O3. The molecule has 1 saturated heterocycles. The molecule has 1 aliphatic rings. The largest absolute Gasteiger partial charge is 0.332 e. The lowest BCUT2D eigenvalue weighted by molar-refractivity contribution is -0.139. The average Bonchev–Trinajstić information content (AvgIpc) is 3.01. The van der Waals surface area contributed by atoms with Crippen LogP contribution in [-0.4, -0.2) is 39.7 Å². The van der Waals surface area contributed by atoms with E-state index in [-0.39, 0.29) is 18.4 Å². The Hall–Kier alpha value is -3.15. The Morgan fingerprint density at radius 2 is 1.47 bits per heavy atom. The Bertz CT molecular complexity index is 875. The molecule has 3 rings (SSSR count). The molecule has 4 amide bonds. The molecule has 0 radical (unpaired) electrons. The van der Waals surface area contributed by atoms with Gasteiger partial charge in [-0.05, 0) is 24.5 Å². The minimum atomic E-state index is -0.936. The van der Waals surface area contributed by atoms with Crippen molar-refractivity contribution in [1.29, 1.82) is 0 Å². The van der Waals surface area contributed by atoms with Gasteiger partial charge < -0.3 is 10.2 Å². The number of rotatable bonds is 11. The minimum absolute atomic E-state index is 0.253. The molecule has 1 fully saturated rings. The van der Waals surface area contributed by atoms with E-state index < -0.39 is 11.6 Å². The van der Waals surface area contributed by atoms with E-state index in [9.17, 15) is 14.4 Å². The van der Waals surface area contributed by atoms with E-state index in [0.717, 1.165) is 41.7 Å². The highest BCUT2D eigenvalue weighted by molar-refractivity contribution is 6.08. The molecule has 6 nitrogen and oxygen atoms in total. The summed E-state index contributed by atoms with van der Waals surface area (Å²) >= 11 is 0. The maximum Gasteiger partial charge on any atom is 0.325 e. The van der Waals surface area contributed by atoms with Gasteiger partial charge in [0, 0.05) is 13.1 Å². The van der Waals surface area contributed by atoms with E-state index in [1.807, 2.05) is 60.7 Å². The predicted molar refractivity (Wildman–Crippen MR) is 125 cm³/mol. The summed E-state index contributed by atoms with van der Waals surface area (Å²) in [6.45, 7) is 4.46. The third-order valence-corrected chi connectivity index (χ3v) is 5.95. The first-order valence-corrected chi connectivity index (χ1v) is 11.4. The van der Waals surface area contributed by atoms with Crippen molar-refractivity contribution in [3.8, 4) is 0 Å². The monoisotopic (exact) mass is 435 g/mol. The van der Waals surface area contributed by atoms with Crippen LogP contribution in [0.4, 0.5) is 4.79 Å². The molecule has 1 unspecified atom stereocenters. The maximum absolute atomic E-state index is 13.3. The third-order valence-electron chi connectivity index (χ3n) is 5.95. The van der Waals surface area contributed by atoms with Crippen LogP contribution in [0.5, 0.6) is 0 Å². The lowest BCUT2D eigenvalue weighted by atomic mass is 9.94. The fraction of sp³-hybridized carbons (Fsp3) is 0.423. The first-order chi connectivity index (χ1) is 15.4. The average molecular weight is 436 g/mol. The molecule has 2 aromatic carbocycles. The Morgan fingerprint density at radius 1 is 0.906 bits per heavy atom. The third kappa shape index (κ3) is 5.96. The fourth-order valence-corrected chi connectivity index (χ4v) is 4.04. The van der Waals surface area contributed by atoms with Gasteiger partial charge in [0.05, 0.1) is 0 Å². The molecule has 1 aliphatic heterocycles. The molecule has 2 aromatic rings. The number of unbranched alkanes of at least 4 members (excludes halogenated alkanes) is 3. The molecule has 0 aliphatic carbocycles. The van der Waals surface area contributed by atoms with Crippen LogP contribution in [0, 0.1) is 0 Å². The van der Waals surface area contributed by atoms with Crippen LogP contribution in [0.15, 0.2) is 60.7 Å². The highest BCUT2D eigenvalue weighted by Gasteiger charge is 2.48. The van der Waals surface area contributed by atoms with Crippen molar-refractivity contribution in [2.24, 2.45) is 0 Å². The second-order valence-corrected chi connectivity index (χ2v) is 8.69. The molecule has 32 heavy (non-hydrogen) atoms. The number of carbonyl (C=O) groups is 3. The molecule has 0 aromatic heterocycles. The summed E-state index contributed by atoms with van der Waals surface area (Å²) in [5, 5.41) is 2.82. The van der Waals surface area contributed by atoms with E-state index in [0.29, 0.717) is 19.5 Å². The fourth-order valence-electron chi connectivity index (χ4n) is 4.04. The second kappa shape index (κ2) is 10.9. The topological polar surface area (TPSA) is 69.7 Å². The van der Waals surface area contributed by atoms with E-state index in [1.54, 1.807) is 11.8 Å². The number of hydrogen-bond acceptors (Lipinski definition) is 3. The Labute approximate surface area is 190 Å². The van der Waals surface area contributed by atoms with Crippen molar-refractivity contribution in [3.63, 3.8) is 0 Å². The number of urea groups is 1. The molecule has 0 saturated carbocycles. The van der Waals surface area contributed by atoms with Gasteiger partial charge in [-0.25, -0.2) is 4.79 Å². The normalized spacial score (nSPS) is 18.0. The summed E-state index contributed by atoms with van der Waals surface area (Å²) in [4.78, 5) is 41.7. The van der Waals surface area contributed by atoms with Gasteiger partial charge in [-0.1, -0.05) is 93.3 Å². The molecule has 1 heterocycles. The Morgan fingerprint density at radius 3 is 2.00 bits per heavy atom. The van der Waals surface area contributed by atoms with Gasteiger partial charge >= 0.3 is 6.03 Å². The minimum Gasteiger partial charge on any atom is -0.332 e. The smallest absolute Gasteiger partial charge is 0.325 e. The van der Waals surface area contributed by atoms with Gasteiger partial charge in [0.15, 0.2) is 0 Å². The van der Waals surface area contributed by atoms with Crippen molar-refractivity contribution in [1.82, 2.24) is 15.1 Å². The zero-order chi connectivity index (χ0) is 23.0.